The summed E-state index contributed by atoms with van der Waals surface area (Å²) in [5, 5.41) is 2.88. The predicted octanol–water partition coefficient (Wildman–Crippen LogP) is 0.538. The highest BCUT2D eigenvalue weighted by Crippen LogP contribution is 2.41. The number of rotatable bonds is 5. The lowest BCUT2D eigenvalue weighted by atomic mass is 9.90. The Morgan fingerprint density at radius 1 is 1.50 bits per heavy atom. The lowest BCUT2D eigenvalue weighted by Gasteiger charge is -2.42. The van der Waals surface area contributed by atoms with Gasteiger partial charge in [-0.25, -0.2) is 0 Å². The van der Waals surface area contributed by atoms with Crippen molar-refractivity contribution < 1.29 is 14.3 Å². The number of hydrogen-bond donors (Lipinski definition) is 1. The van der Waals surface area contributed by atoms with E-state index < -0.39 is 5.54 Å². The molecule has 102 valence electrons. The van der Waals surface area contributed by atoms with Gasteiger partial charge in [-0.2, -0.15) is 0 Å². The van der Waals surface area contributed by atoms with E-state index in [1.807, 2.05) is 13.8 Å². The van der Waals surface area contributed by atoms with Gasteiger partial charge in [0.05, 0.1) is 6.54 Å². The number of piperazine rings is 1. The second kappa shape index (κ2) is 4.88. The summed E-state index contributed by atoms with van der Waals surface area (Å²) in [7, 11) is 1.64. The summed E-state index contributed by atoms with van der Waals surface area (Å²) in [5.41, 5.74) is -0.684. The molecule has 2 rings (SSSR count). The molecule has 2 amide bonds. The fourth-order valence-corrected chi connectivity index (χ4v) is 2.65. The molecule has 1 N–H and O–H groups in total. The van der Waals surface area contributed by atoms with Crippen molar-refractivity contribution in [3.05, 3.63) is 0 Å². The zero-order valence-corrected chi connectivity index (χ0v) is 11.4. The standard InChI is InChI=1S/C13H22N2O3/c1-9(6-7-18-3)15-8-11(16)14-13(2,12(15)17)10-4-5-10/h9-10H,4-8H2,1-3H3,(H,14,16). The van der Waals surface area contributed by atoms with E-state index in [-0.39, 0.29) is 24.4 Å². The largest absolute Gasteiger partial charge is 0.385 e. The molecular weight excluding hydrogens is 232 g/mol. The number of carbonyl (C=O) groups is 2. The molecule has 0 radical (unpaired) electrons. The van der Waals surface area contributed by atoms with Crippen molar-refractivity contribution >= 4 is 11.8 Å². The summed E-state index contributed by atoms with van der Waals surface area (Å²) in [5.74, 6) is 0.327. The fraction of sp³-hybridized carbons (Fsp3) is 0.846. The SMILES string of the molecule is COCCC(C)N1CC(=O)NC(C)(C2CC2)C1=O. The summed E-state index contributed by atoms with van der Waals surface area (Å²) < 4.78 is 5.04. The Labute approximate surface area is 108 Å². The molecule has 1 aliphatic carbocycles. The molecule has 2 aliphatic rings. The molecule has 5 heteroatoms. The van der Waals surface area contributed by atoms with Gasteiger partial charge in [-0.3, -0.25) is 9.59 Å². The van der Waals surface area contributed by atoms with E-state index in [0.717, 1.165) is 19.3 Å². The first-order valence-corrected chi connectivity index (χ1v) is 6.60. The highest BCUT2D eigenvalue weighted by Gasteiger charge is 2.53. The third kappa shape index (κ3) is 2.36. The van der Waals surface area contributed by atoms with Crippen molar-refractivity contribution in [3.8, 4) is 0 Å². The second-order valence-electron chi connectivity index (χ2n) is 5.59. The van der Waals surface area contributed by atoms with Gasteiger partial charge in [0.1, 0.15) is 5.54 Å². The third-order valence-electron chi connectivity index (χ3n) is 4.08. The van der Waals surface area contributed by atoms with Crippen molar-refractivity contribution in [1.29, 1.82) is 0 Å². The summed E-state index contributed by atoms with van der Waals surface area (Å²) in [4.78, 5) is 26.1. The molecule has 1 aliphatic heterocycles. The number of nitrogens with zero attached hydrogens (tertiary/aromatic N) is 1. The Bertz CT molecular complexity index is 354. The topological polar surface area (TPSA) is 58.6 Å². The van der Waals surface area contributed by atoms with Gasteiger partial charge in [0.2, 0.25) is 11.8 Å². The van der Waals surface area contributed by atoms with Crippen LogP contribution in [0.5, 0.6) is 0 Å². The molecule has 1 saturated heterocycles. The maximum atomic E-state index is 12.5. The predicted molar refractivity (Wildman–Crippen MR) is 66.9 cm³/mol. The first-order valence-electron chi connectivity index (χ1n) is 6.60. The minimum absolute atomic E-state index is 0.0431. The van der Waals surface area contributed by atoms with E-state index in [1.54, 1.807) is 12.0 Å². The zero-order chi connectivity index (χ0) is 13.3. The number of amides is 2. The fourth-order valence-electron chi connectivity index (χ4n) is 2.65. The summed E-state index contributed by atoms with van der Waals surface area (Å²) >= 11 is 0. The van der Waals surface area contributed by atoms with Crippen LogP contribution in [-0.2, 0) is 14.3 Å². The van der Waals surface area contributed by atoms with Crippen molar-refractivity contribution in [2.24, 2.45) is 5.92 Å². The molecule has 5 nitrogen and oxygen atoms in total. The highest BCUT2D eigenvalue weighted by atomic mass is 16.5. The van der Waals surface area contributed by atoms with Crippen LogP contribution in [0.2, 0.25) is 0 Å². The van der Waals surface area contributed by atoms with Gasteiger partial charge in [-0.1, -0.05) is 0 Å². The van der Waals surface area contributed by atoms with Gasteiger partial charge in [0.25, 0.3) is 0 Å². The minimum atomic E-state index is -0.684. The number of carbonyl (C=O) groups excluding carboxylic acids is 2. The summed E-state index contributed by atoms with van der Waals surface area (Å²) in [6, 6.07) is 0.0431. The van der Waals surface area contributed by atoms with E-state index in [4.69, 9.17) is 4.74 Å². The van der Waals surface area contributed by atoms with Gasteiger partial charge in [0, 0.05) is 19.8 Å². The molecule has 0 spiro atoms. The molecule has 0 aromatic heterocycles. The van der Waals surface area contributed by atoms with Gasteiger partial charge in [-0.15, -0.1) is 0 Å². The molecule has 0 bridgehead atoms. The quantitative estimate of drug-likeness (QED) is 0.779. The van der Waals surface area contributed by atoms with Gasteiger partial charge in [-0.05, 0) is 39.0 Å². The Morgan fingerprint density at radius 3 is 2.72 bits per heavy atom. The van der Waals surface area contributed by atoms with Crippen molar-refractivity contribution in [3.63, 3.8) is 0 Å². The molecule has 1 saturated carbocycles. The molecule has 18 heavy (non-hydrogen) atoms. The van der Waals surface area contributed by atoms with Crippen LogP contribution in [0.1, 0.15) is 33.1 Å². The Hall–Kier alpha value is -1.10. The van der Waals surface area contributed by atoms with E-state index in [9.17, 15) is 9.59 Å². The molecule has 2 atom stereocenters. The minimum Gasteiger partial charge on any atom is -0.385 e. The lowest BCUT2D eigenvalue weighted by molar-refractivity contribution is -0.152. The maximum absolute atomic E-state index is 12.5. The number of methoxy groups -OCH3 is 1. The highest BCUT2D eigenvalue weighted by molar-refractivity contribution is 5.98. The molecule has 2 unspecified atom stereocenters. The Morgan fingerprint density at radius 2 is 2.17 bits per heavy atom. The van der Waals surface area contributed by atoms with Gasteiger partial charge >= 0.3 is 0 Å². The van der Waals surface area contributed by atoms with Gasteiger partial charge in [0.15, 0.2) is 0 Å². The lowest BCUT2D eigenvalue weighted by Crippen LogP contribution is -2.67. The zero-order valence-electron chi connectivity index (χ0n) is 11.4. The first-order chi connectivity index (χ1) is 8.49. The average molecular weight is 254 g/mol. The molecule has 1 heterocycles. The van der Waals surface area contributed by atoms with Crippen LogP contribution in [0.3, 0.4) is 0 Å². The van der Waals surface area contributed by atoms with Crippen molar-refractivity contribution in [2.45, 2.75) is 44.7 Å². The third-order valence-corrected chi connectivity index (χ3v) is 4.08. The van der Waals surface area contributed by atoms with Crippen LogP contribution in [0.4, 0.5) is 0 Å². The molecule has 2 fully saturated rings. The summed E-state index contributed by atoms with van der Waals surface area (Å²) in [6.07, 6.45) is 2.82. The van der Waals surface area contributed by atoms with Crippen molar-refractivity contribution in [2.75, 3.05) is 20.3 Å². The monoisotopic (exact) mass is 254 g/mol. The van der Waals surface area contributed by atoms with Crippen LogP contribution in [0.25, 0.3) is 0 Å². The molecule has 0 aromatic carbocycles. The van der Waals surface area contributed by atoms with E-state index in [1.165, 1.54) is 0 Å². The normalized spacial score (nSPS) is 30.3. The van der Waals surface area contributed by atoms with Crippen LogP contribution < -0.4 is 5.32 Å². The van der Waals surface area contributed by atoms with Gasteiger partial charge < -0.3 is 15.0 Å². The Balaban J connectivity index is 2.10. The molecular formula is C13H22N2O3. The number of nitrogens with one attached hydrogen (secondary N) is 1. The van der Waals surface area contributed by atoms with Crippen molar-refractivity contribution in [1.82, 2.24) is 10.2 Å². The van der Waals surface area contributed by atoms with Crippen LogP contribution in [0.15, 0.2) is 0 Å². The first kappa shape index (κ1) is 13.3. The number of hydrogen-bond acceptors (Lipinski definition) is 3. The second-order valence-corrected chi connectivity index (χ2v) is 5.59. The van der Waals surface area contributed by atoms with E-state index >= 15 is 0 Å². The molecule has 0 aromatic rings. The van der Waals surface area contributed by atoms with E-state index in [2.05, 4.69) is 5.32 Å². The van der Waals surface area contributed by atoms with Crippen LogP contribution in [-0.4, -0.2) is 48.6 Å². The summed E-state index contributed by atoms with van der Waals surface area (Å²) in [6.45, 7) is 4.61. The average Bonchev–Trinajstić information content (AvgIpc) is 3.15. The van der Waals surface area contributed by atoms with Crippen LogP contribution in [0, 0.1) is 5.92 Å². The van der Waals surface area contributed by atoms with E-state index in [0.29, 0.717) is 12.5 Å². The smallest absolute Gasteiger partial charge is 0.249 e. The Kier molecular flexibility index (Phi) is 3.61. The number of ether oxygens (including phenoxy) is 1. The van der Waals surface area contributed by atoms with Crippen LogP contribution >= 0.6 is 0 Å². The maximum Gasteiger partial charge on any atom is 0.249 e.